The van der Waals surface area contributed by atoms with Crippen molar-refractivity contribution in [2.45, 2.75) is 70.2 Å². The van der Waals surface area contributed by atoms with Gasteiger partial charge in [-0.2, -0.15) is 0 Å². The van der Waals surface area contributed by atoms with E-state index in [-0.39, 0.29) is 0 Å². The average molecular weight is 349 g/mol. The number of piperidine rings is 1. The molecule has 24 heavy (non-hydrogen) atoms. The van der Waals surface area contributed by atoms with Gasteiger partial charge in [0.2, 0.25) is 0 Å². The highest BCUT2D eigenvalue weighted by molar-refractivity contribution is 7.82. The first-order valence-electron chi connectivity index (χ1n) is 9.55. The Labute approximate surface area is 150 Å². The van der Waals surface area contributed by atoms with Crippen LogP contribution < -0.4 is 0 Å². The van der Waals surface area contributed by atoms with Crippen molar-refractivity contribution in [1.82, 2.24) is 9.21 Å². The zero-order valence-electron chi connectivity index (χ0n) is 15.5. The standard InChI is InChI=1S/C20H32N2OS/c1-16-14-17(2)20(18(3)15-16)24(23)22-12-8-19(9-13-22)21-10-6-4-5-7-11-21/h14-15,19H,4-13H2,1-3H3. The second-order valence-corrected chi connectivity index (χ2v) is 9.01. The summed E-state index contributed by atoms with van der Waals surface area (Å²) in [7, 11) is -1.01. The molecule has 0 N–H and O–H groups in total. The fraction of sp³-hybridized carbons (Fsp3) is 0.700. The van der Waals surface area contributed by atoms with Crippen molar-refractivity contribution in [3.05, 3.63) is 28.8 Å². The van der Waals surface area contributed by atoms with Crippen LogP contribution in [0.15, 0.2) is 17.0 Å². The smallest absolute Gasteiger partial charge is 0.128 e. The van der Waals surface area contributed by atoms with Gasteiger partial charge in [-0.15, -0.1) is 0 Å². The maximum Gasteiger partial charge on any atom is 0.128 e. The normalized spacial score (nSPS) is 23.1. The lowest BCUT2D eigenvalue weighted by molar-refractivity contribution is 0.145. The molecule has 0 amide bonds. The molecule has 0 saturated carbocycles. The van der Waals surface area contributed by atoms with Gasteiger partial charge in [0.1, 0.15) is 11.0 Å². The van der Waals surface area contributed by atoms with Crippen LogP contribution in [0.4, 0.5) is 0 Å². The van der Waals surface area contributed by atoms with Gasteiger partial charge in [-0.3, -0.25) is 0 Å². The summed E-state index contributed by atoms with van der Waals surface area (Å²) < 4.78 is 15.3. The lowest BCUT2D eigenvalue weighted by Crippen LogP contribution is -2.45. The third-order valence-corrected chi connectivity index (χ3v) is 7.42. The molecule has 2 aliphatic rings. The fourth-order valence-corrected chi connectivity index (χ4v) is 5.87. The molecule has 0 bridgehead atoms. The molecule has 0 spiro atoms. The summed E-state index contributed by atoms with van der Waals surface area (Å²) in [5.74, 6) is 0. The van der Waals surface area contributed by atoms with Gasteiger partial charge in [-0.1, -0.05) is 30.5 Å². The summed E-state index contributed by atoms with van der Waals surface area (Å²) in [4.78, 5) is 3.74. The molecule has 1 unspecified atom stereocenters. The summed E-state index contributed by atoms with van der Waals surface area (Å²) in [5.41, 5.74) is 3.59. The van der Waals surface area contributed by atoms with E-state index in [4.69, 9.17) is 0 Å². The largest absolute Gasteiger partial charge is 0.300 e. The van der Waals surface area contributed by atoms with Crippen LogP contribution in [0.3, 0.4) is 0 Å². The van der Waals surface area contributed by atoms with Crippen LogP contribution in [0, 0.1) is 20.8 Å². The van der Waals surface area contributed by atoms with Gasteiger partial charge in [-0.25, -0.2) is 8.51 Å². The molecule has 2 heterocycles. The Hall–Kier alpha value is -0.710. The van der Waals surface area contributed by atoms with Crippen molar-refractivity contribution in [2.75, 3.05) is 26.2 Å². The van der Waals surface area contributed by atoms with E-state index in [2.05, 4.69) is 42.1 Å². The van der Waals surface area contributed by atoms with E-state index in [1.54, 1.807) is 0 Å². The average Bonchev–Trinajstić information content (AvgIpc) is 2.83. The third kappa shape index (κ3) is 4.09. The minimum Gasteiger partial charge on any atom is -0.300 e. The lowest BCUT2D eigenvalue weighted by atomic mass is 10.0. The van der Waals surface area contributed by atoms with Crippen molar-refractivity contribution in [3.8, 4) is 0 Å². The third-order valence-electron chi connectivity index (χ3n) is 5.59. The molecule has 0 aliphatic carbocycles. The van der Waals surface area contributed by atoms with E-state index >= 15 is 0 Å². The van der Waals surface area contributed by atoms with E-state index in [9.17, 15) is 4.21 Å². The summed E-state index contributed by atoms with van der Waals surface area (Å²) in [6, 6.07) is 5.02. The van der Waals surface area contributed by atoms with E-state index in [0.29, 0.717) is 6.04 Å². The summed E-state index contributed by atoms with van der Waals surface area (Å²) in [6.07, 6.45) is 7.82. The van der Waals surface area contributed by atoms with E-state index < -0.39 is 11.0 Å². The molecule has 3 rings (SSSR count). The highest BCUT2D eigenvalue weighted by Gasteiger charge is 2.28. The first kappa shape index (κ1) is 18.1. The second kappa shape index (κ2) is 8.11. The molecule has 1 aromatic carbocycles. The van der Waals surface area contributed by atoms with Crippen LogP contribution in [0.5, 0.6) is 0 Å². The quantitative estimate of drug-likeness (QED) is 0.825. The van der Waals surface area contributed by atoms with E-state index in [0.717, 1.165) is 30.8 Å². The van der Waals surface area contributed by atoms with Crippen LogP contribution in [0.25, 0.3) is 0 Å². The molecule has 2 fully saturated rings. The van der Waals surface area contributed by atoms with Crippen LogP contribution in [0.1, 0.15) is 55.2 Å². The number of aryl methyl sites for hydroxylation is 3. The Balaban J connectivity index is 1.63. The van der Waals surface area contributed by atoms with Gasteiger partial charge in [0.25, 0.3) is 0 Å². The SMILES string of the molecule is Cc1cc(C)c(S(=O)N2CCC(N3CCCCCC3)CC2)c(C)c1. The van der Waals surface area contributed by atoms with Crippen molar-refractivity contribution in [2.24, 2.45) is 0 Å². The highest BCUT2D eigenvalue weighted by atomic mass is 32.2. The Morgan fingerprint density at radius 3 is 1.96 bits per heavy atom. The molecule has 1 atom stereocenters. The molecule has 0 aromatic heterocycles. The molecular weight excluding hydrogens is 316 g/mol. The Morgan fingerprint density at radius 2 is 1.42 bits per heavy atom. The van der Waals surface area contributed by atoms with Crippen molar-refractivity contribution in [1.29, 1.82) is 0 Å². The molecule has 1 aromatic rings. The molecule has 2 aliphatic heterocycles. The number of nitrogens with zero attached hydrogens (tertiary/aromatic N) is 2. The number of rotatable bonds is 3. The minimum atomic E-state index is -1.01. The Morgan fingerprint density at radius 1 is 0.875 bits per heavy atom. The van der Waals surface area contributed by atoms with Crippen molar-refractivity contribution >= 4 is 11.0 Å². The van der Waals surface area contributed by atoms with Gasteiger partial charge in [0.05, 0.1) is 4.90 Å². The van der Waals surface area contributed by atoms with Crippen molar-refractivity contribution in [3.63, 3.8) is 0 Å². The maximum atomic E-state index is 13.1. The van der Waals surface area contributed by atoms with Crippen LogP contribution in [0.2, 0.25) is 0 Å². The van der Waals surface area contributed by atoms with E-state index in [1.165, 1.54) is 55.5 Å². The van der Waals surface area contributed by atoms with Crippen molar-refractivity contribution < 1.29 is 4.21 Å². The van der Waals surface area contributed by atoms with Crippen LogP contribution in [-0.2, 0) is 11.0 Å². The minimum absolute atomic E-state index is 0.705. The monoisotopic (exact) mass is 348 g/mol. The predicted molar refractivity (Wildman–Crippen MR) is 102 cm³/mol. The van der Waals surface area contributed by atoms with Gasteiger partial charge in [0.15, 0.2) is 0 Å². The molecular formula is C20H32N2OS. The van der Waals surface area contributed by atoms with E-state index in [1.807, 2.05) is 0 Å². The first-order chi connectivity index (χ1) is 11.6. The number of hydrogen-bond donors (Lipinski definition) is 0. The molecule has 0 radical (unpaired) electrons. The Bertz CT molecular complexity index is 562. The van der Waals surface area contributed by atoms with Gasteiger partial charge < -0.3 is 4.90 Å². The topological polar surface area (TPSA) is 23.6 Å². The zero-order valence-corrected chi connectivity index (χ0v) is 16.3. The molecule has 4 heteroatoms. The Kier molecular flexibility index (Phi) is 6.12. The van der Waals surface area contributed by atoms with Gasteiger partial charge in [0, 0.05) is 19.1 Å². The highest BCUT2D eigenvalue weighted by Crippen LogP contribution is 2.26. The van der Waals surface area contributed by atoms with Crippen LogP contribution >= 0.6 is 0 Å². The summed E-state index contributed by atoms with van der Waals surface area (Å²) in [6.45, 7) is 10.8. The van der Waals surface area contributed by atoms with Gasteiger partial charge >= 0.3 is 0 Å². The second-order valence-electron chi connectivity index (χ2n) is 7.59. The number of benzene rings is 1. The predicted octanol–water partition coefficient (Wildman–Crippen LogP) is 3.97. The maximum absolute atomic E-state index is 13.1. The lowest BCUT2D eigenvalue weighted by Gasteiger charge is -2.37. The summed E-state index contributed by atoms with van der Waals surface area (Å²) in [5, 5.41) is 0. The summed E-state index contributed by atoms with van der Waals surface area (Å²) >= 11 is 0. The van der Waals surface area contributed by atoms with Crippen LogP contribution in [-0.4, -0.2) is 45.6 Å². The molecule has 134 valence electrons. The molecule has 3 nitrogen and oxygen atoms in total. The zero-order chi connectivity index (χ0) is 17.1. The number of hydrogen-bond acceptors (Lipinski definition) is 2. The number of likely N-dealkylation sites (tertiary alicyclic amines) is 1. The fourth-order valence-electron chi connectivity index (χ4n) is 4.40. The van der Waals surface area contributed by atoms with Gasteiger partial charge in [-0.05, 0) is 70.7 Å². The molecule has 2 saturated heterocycles. The first-order valence-corrected chi connectivity index (χ1v) is 10.7.